The van der Waals surface area contributed by atoms with Gasteiger partial charge in [-0.15, -0.1) is 11.6 Å². The summed E-state index contributed by atoms with van der Waals surface area (Å²) in [4.78, 5) is 13.8. The zero-order valence-electron chi connectivity index (χ0n) is 54.9. The molecule has 3 aliphatic rings. The first-order valence-electron chi connectivity index (χ1n) is 31.7. The summed E-state index contributed by atoms with van der Waals surface area (Å²) >= 11 is 0. The molecule has 4 heterocycles. The molecule has 3 saturated carbocycles. The van der Waals surface area contributed by atoms with Gasteiger partial charge in [0.15, 0.2) is 0 Å². The number of hydrogen-bond donors (Lipinski definition) is 0. The van der Waals surface area contributed by atoms with Gasteiger partial charge >= 0.3 is 21.1 Å². The van der Waals surface area contributed by atoms with Crippen molar-refractivity contribution < 1.29 is 52.2 Å². The Labute approximate surface area is 437 Å². The average molecular weight is 1090 g/mol. The third-order valence-electron chi connectivity index (χ3n) is 15.7. The topological polar surface area (TPSA) is 61.0 Å². The molecule has 7 aromatic rings. The van der Waals surface area contributed by atoms with Gasteiger partial charge in [-0.25, -0.2) is 4.98 Å². The molecule has 0 aliphatic heterocycles. The Balaban J connectivity index is 0.00000828. The molecular weight excluding hydrogens is 1000 g/mol. The van der Waals surface area contributed by atoms with Crippen LogP contribution in [-0.2, 0) is 21.1 Å². The Kier molecular flexibility index (Phi) is 8.80. The summed E-state index contributed by atoms with van der Waals surface area (Å²) in [5.41, 5.74) is 2.37. The molecule has 0 bridgehead atoms. The number of benzene rings is 3. The molecule has 6 heteroatoms. The summed E-state index contributed by atoms with van der Waals surface area (Å²) in [6.45, 7) is -2.14. The zero-order chi connectivity index (χ0) is 59.5. The molecule has 3 fully saturated rings. The van der Waals surface area contributed by atoms with E-state index in [9.17, 15) is 1.37 Å². The number of rotatable bonds is 8. The van der Waals surface area contributed by atoms with E-state index in [2.05, 4.69) is 49.8 Å². The first kappa shape index (κ1) is 31.5. The second-order valence-electron chi connectivity index (χ2n) is 20.7. The van der Waals surface area contributed by atoms with Crippen molar-refractivity contribution in [3.8, 4) is 45.1 Å². The Morgan fingerprint density at radius 3 is 2.36 bits per heavy atom. The van der Waals surface area contributed by atoms with Crippen LogP contribution in [-0.4, -0.2) is 15.0 Å². The molecule has 6 unspecified atom stereocenters. The normalized spacial score (nSPS) is 29.4. The van der Waals surface area contributed by atoms with Gasteiger partial charge in [0.1, 0.15) is 0 Å². The van der Waals surface area contributed by atoms with Crippen LogP contribution in [0.1, 0.15) is 160 Å². The van der Waals surface area contributed by atoms with Crippen LogP contribution >= 0.6 is 0 Å². The van der Waals surface area contributed by atoms with E-state index in [1.807, 2.05) is 13.0 Å². The summed E-state index contributed by atoms with van der Waals surface area (Å²) in [5, 5.41) is 0.852. The number of pyridine rings is 3. The van der Waals surface area contributed by atoms with Gasteiger partial charge < -0.3 is 19.1 Å². The van der Waals surface area contributed by atoms with Crippen molar-refractivity contribution >= 4 is 22.1 Å². The van der Waals surface area contributed by atoms with Crippen molar-refractivity contribution in [2.75, 3.05) is 0 Å². The Morgan fingerprint density at radius 1 is 0.791 bits per heavy atom. The molecule has 5 nitrogen and oxygen atoms in total. The quantitative estimate of drug-likeness (QED) is 0.142. The van der Waals surface area contributed by atoms with Crippen LogP contribution in [0.4, 0.5) is 0 Å². The number of aromatic nitrogens is 3. The molecule has 10 rings (SSSR count). The number of furan rings is 1. The number of ether oxygens (including phenoxy) is 1. The molecule has 3 aromatic carbocycles. The number of aryl methyl sites for hydroxylation is 4. The first-order valence-corrected chi connectivity index (χ1v) is 23.7. The van der Waals surface area contributed by atoms with E-state index >= 15 is 0 Å². The maximum atomic E-state index is 9.63. The largest absolute Gasteiger partial charge is 2.00 e. The van der Waals surface area contributed by atoms with Crippen molar-refractivity contribution in [2.24, 2.45) is 40.4 Å². The van der Waals surface area contributed by atoms with Crippen LogP contribution in [0.2, 0.25) is 0 Å². The molecule has 0 amide bonds. The summed E-state index contributed by atoms with van der Waals surface area (Å²) < 4.78 is 150. The van der Waals surface area contributed by atoms with Crippen LogP contribution in [0, 0.1) is 86.9 Å². The van der Waals surface area contributed by atoms with Gasteiger partial charge in [0.25, 0.3) is 0 Å². The maximum absolute atomic E-state index is 9.63. The van der Waals surface area contributed by atoms with E-state index in [-0.39, 0.29) is 106 Å². The maximum Gasteiger partial charge on any atom is 2.00 e. The fraction of sp³-hybridized carbons (Fsp3) is 0.459. The Bertz CT molecular complexity index is 3540. The van der Waals surface area contributed by atoms with Gasteiger partial charge in [-0.1, -0.05) is 130 Å². The van der Waals surface area contributed by atoms with Crippen LogP contribution < -0.4 is 4.74 Å². The molecule has 0 radical (unpaired) electrons. The number of nitrogens with zero attached hydrogens (tertiary/aromatic N) is 3. The Morgan fingerprint density at radius 2 is 1.60 bits per heavy atom. The average Bonchev–Trinajstić information content (AvgIpc) is 3.97. The minimum Gasteiger partial charge on any atom is -0.496 e. The predicted octanol–water partition coefficient (Wildman–Crippen LogP) is 16.9. The molecule has 67 heavy (non-hydrogen) atoms. The van der Waals surface area contributed by atoms with E-state index in [1.165, 1.54) is 12.1 Å². The fourth-order valence-electron chi connectivity index (χ4n) is 11.9. The monoisotopic (exact) mass is 1090 g/mol. The van der Waals surface area contributed by atoms with E-state index < -0.39 is 57.2 Å². The summed E-state index contributed by atoms with van der Waals surface area (Å²) in [5.74, 6) is -1.16. The molecule has 0 spiro atoms. The van der Waals surface area contributed by atoms with Crippen molar-refractivity contribution in [3.05, 3.63) is 125 Å². The first-order chi connectivity index (χ1) is 38.0. The minimum absolute atomic E-state index is 0. The van der Waals surface area contributed by atoms with Crippen molar-refractivity contribution in [3.63, 3.8) is 0 Å². The van der Waals surface area contributed by atoms with Gasteiger partial charge in [0, 0.05) is 56.9 Å². The molecule has 0 saturated heterocycles. The fourth-order valence-corrected chi connectivity index (χ4v) is 11.9. The third kappa shape index (κ3) is 9.33. The number of hydrogen-bond acceptors (Lipinski definition) is 5. The van der Waals surface area contributed by atoms with Crippen LogP contribution in [0.15, 0.2) is 83.5 Å². The zero-order valence-corrected chi connectivity index (χ0v) is 41.2. The SMILES string of the molecule is [2H]C([2H])([2H])c1ccc2c(n1)oc1c(-c3cc(C4CCC(C)(C5CCC(C6([2H])CCC(C)(C)CC6)CC5C([2H])([2H])[2H])CC4C)c(C)cn3)[c-]c(Oc3[c-]c(-c4cc(C([2H])([2H])[2H])c(C([2H])([2H])[2H])cn4)cc(-c4ccccc4)c3C([2H])([2H])[2H])cc12.[Pt+2]. The molecule has 350 valence electrons. The molecule has 4 aromatic heterocycles. The second kappa shape index (κ2) is 18.7. The Hall–Kier alpha value is -4.60. The number of fused-ring (bicyclic) bond motifs is 3. The van der Waals surface area contributed by atoms with Crippen LogP contribution in [0.3, 0.4) is 0 Å². The van der Waals surface area contributed by atoms with E-state index in [4.69, 9.17) is 34.7 Å². The van der Waals surface area contributed by atoms with Gasteiger partial charge in [-0.3, -0.25) is 0 Å². The summed E-state index contributed by atoms with van der Waals surface area (Å²) in [6, 6.07) is 24.3. The minimum atomic E-state index is -2.86. The van der Waals surface area contributed by atoms with Gasteiger partial charge in [-0.2, -0.15) is 0 Å². The molecule has 3 aliphatic carbocycles. The van der Waals surface area contributed by atoms with Crippen molar-refractivity contribution in [1.29, 1.82) is 0 Å². The van der Waals surface area contributed by atoms with Gasteiger partial charge in [-0.05, 0) is 184 Å². The second-order valence-corrected chi connectivity index (χ2v) is 20.7. The van der Waals surface area contributed by atoms with E-state index in [0.717, 1.165) is 81.2 Å². The van der Waals surface area contributed by atoms with Gasteiger partial charge in [0.2, 0.25) is 5.71 Å². The van der Waals surface area contributed by atoms with Crippen molar-refractivity contribution in [1.82, 2.24) is 15.0 Å². The van der Waals surface area contributed by atoms with Crippen LogP contribution in [0.25, 0.3) is 55.7 Å². The summed E-state index contributed by atoms with van der Waals surface area (Å²) in [7, 11) is 0. The van der Waals surface area contributed by atoms with Gasteiger partial charge in [0.05, 0.1) is 5.58 Å². The van der Waals surface area contributed by atoms with E-state index in [1.54, 1.807) is 48.7 Å². The van der Waals surface area contributed by atoms with Crippen molar-refractivity contribution in [2.45, 2.75) is 139 Å². The summed E-state index contributed by atoms with van der Waals surface area (Å²) in [6.07, 6.45) is 11.0. The predicted molar refractivity (Wildman–Crippen MR) is 271 cm³/mol. The van der Waals surface area contributed by atoms with E-state index in [0.29, 0.717) is 34.0 Å². The molecular formula is C61H69N3O2Pt. The third-order valence-corrected chi connectivity index (χ3v) is 15.7. The molecule has 6 atom stereocenters. The standard InChI is InChI=1S/C61H69N3O2.Pt/c1-36-27-55(62-34-39(36)4)46-28-51(44-14-12-11-13-15-44)42(7)57(29-46)65-47-30-52-49-18-16-41(6)64-59(49)66-58(52)53(31-47)56-32-50(40(5)35-63-56)48-22-25-61(10,33-38(48)3)54-19-17-45(26-37(54)2)43-20-23-60(8,9)24-21-43;/h11-16,18,27-28,30,32,34-35,37-38,43,45,48,54H,17,19-26,33H2,1-10H3;/q-2;+2/i1D3,2D3,4D3,6D3,7D3,43D;. The molecule has 0 N–H and O–H groups in total. The smallest absolute Gasteiger partial charge is 0.496 e. The van der Waals surface area contributed by atoms with Crippen LogP contribution in [0.5, 0.6) is 11.5 Å².